The lowest BCUT2D eigenvalue weighted by Crippen LogP contribution is -2.14. The molecule has 15 heteroatoms. The minimum atomic E-state index is -0.857. The van der Waals surface area contributed by atoms with Crippen LogP contribution in [0.4, 0.5) is 0 Å². The highest BCUT2D eigenvalue weighted by Gasteiger charge is 2.21. The number of hydrogen-bond donors (Lipinski definition) is 1. The average Bonchev–Trinajstić information content (AvgIpc) is 3.18. The molecule has 0 bridgehead atoms. The molecule has 0 atom stereocenters. The SMILES string of the molecule is COC(=O)CCC(=O)Oc1ccc2cc(C(=O)Oc3ccc(OC(=O)c4ccc5cc(OC(=O)CCC(=O)ON)ccc5c4)cc3C(=O)OC)ccc2c1. The van der Waals surface area contributed by atoms with E-state index in [1.54, 1.807) is 48.5 Å². The number of nitrogens with two attached hydrogens (primary N) is 1. The quantitative estimate of drug-likeness (QED) is 0.0937. The molecule has 54 heavy (non-hydrogen) atoms. The second-order valence-electron chi connectivity index (χ2n) is 11.4. The number of carbonyl (C=O) groups is 7. The van der Waals surface area contributed by atoms with E-state index in [-0.39, 0.29) is 65.4 Å². The Bertz CT molecular complexity index is 2300. The molecule has 0 fully saturated rings. The van der Waals surface area contributed by atoms with Gasteiger partial charge >= 0.3 is 41.8 Å². The monoisotopic (exact) mass is 737 g/mol. The van der Waals surface area contributed by atoms with Gasteiger partial charge in [0.2, 0.25) is 0 Å². The molecular formula is C39H31NO14. The minimum absolute atomic E-state index is 0.0337. The topological polar surface area (TPSA) is 210 Å². The van der Waals surface area contributed by atoms with Gasteiger partial charge in [-0.2, -0.15) is 5.90 Å². The Morgan fingerprint density at radius 1 is 0.444 bits per heavy atom. The van der Waals surface area contributed by atoms with Gasteiger partial charge in [-0.05, 0) is 88.3 Å². The molecule has 5 rings (SSSR count). The summed E-state index contributed by atoms with van der Waals surface area (Å²) in [6.07, 6.45) is -0.723. The van der Waals surface area contributed by atoms with Crippen LogP contribution in [0.1, 0.15) is 56.8 Å². The normalized spacial score (nSPS) is 10.6. The Hall–Kier alpha value is -7.13. The minimum Gasteiger partial charge on any atom is -0.469 e. The molecule has 5 aromatic rings. The highest BCUT2D eigenvalue weighted by molar-refractivity contribution is 6.00. The summed E-state index contributed by atoms with van der Waals surface area (Å²) in [4.78, 5) is 89.5. The summed E-state index contributed by atoms with van der Waals surface area (Å²) in [5.74, 6) is 0.0979. The second kappa shape index (κ2) is 17.4. The molecule has 0 unspecified atom stereocenters. The molecule has 276 valence electrons. The fraction of sp³-hybridized carbons (Fsp3) is 0.154. The molecule has 0 aliphatic carbocycles. The van der Waals surface area contributed by atoms with E-state index in [9.17, 15) is 33.6 Å². The van der Waals surface area contributed by atoms with Gasteiger partial charge < -0.3 is 33.3 Å². The van der Waals surface area contributed by atoms with Crippen molar-refractivity contribution in [1.82, 2.24) is 0 Å². The molecule has 0 aliphatic heterocycles. The first-order valence-corrected chi connectivity index (χ1v) is 16.1. The van der Waals surface area contributed by atoms with Crippen molar-refractivity contribution in [3.63, 3.8) is 0 Å². The number of hydrogen-bond acceptors (Lipinski definition) is 15. The fourth-order valence-electron chi connectivity index (χ4n) is 5.02. The van der Waals surface area contributed by atoms with E-state index < -0.39 is 41.8 Å². The Balaban J connectivity index is 1.25. The summed E-state index contributed by atoms with van der Waals surface area (Å²) in [6.45, 7) is 0. The van der Waals surface area contributed by atoms with Crippen LogP contribution in [0, 0.1) is 0 Å². The highest BCUT2D eigenvalue weighted by Crippen LogP contribution is 2.29. The lowest BCUT2D eigenvalue weighted by atomic mass is 10.1. The summed E-state index contributed by atoms with van der Waals surface area (Å²) in [5, 5.41) is 2.53. The number of rotatable bonds is 13. The van der Waals surface area contributed by atoms with Gasteiger partial charge in [0.1, 0.15) is 28.6 Å². The van der Waals surface area contributed by atoms with Crippen LogP contribution < -0.4 is 24.8 Å². The van der Waals surface area contributed by atoms with E-state index in [0.29, 0.717) is 21.5 Å². The Kier molecular flexibility index (Phi) is 12.3. The van der Waals surface area contributed by atoms with Crippen LogP contribution in [-0.2, 0) is 33.5 Å². The molecule has 0 radical (unpaired) electrons. The van der Waals surface area contributed by atoms with Gasteiger partial charge in [-0.25, -0.2) is 14.4 Å². The maximum absolute atomic E-state index is 13.2. The Labute approximate surface area is 306 Å². The van der Waals surface area contributed by atoms with Crippen molar-refractivity contribution in [2.45, 2.75) is 25.7 Å². The number of esters is 6. The number of carbonyl (C=O) groups excluding carboxylic acids is 7. The molecule has 0 aromatic heterocycles. The third-order valence-electron chi connectivity index (χ3n) is 7.75. The second-order valence-corrected chi connectivity index (χ2v) is 11.4. The number of methoxy groups -OCH3 is 2. The molecule has 5 aromatic carbocycles. The molecule has 0 aliphatic rings. The van der Waals surface area contributed by atoms with E-state index in [0.717, 1.165) is 7.11 Å². The molecule has 0 heterocycles. The molecule has 2 N–H and O–H groups in total. The predicted molar refractivity (Wildman–Crippen MR) is 188 cm³/mol. The zero-order chi connectivity index (χ0) is 38.8. The first-order chi connectivity index (χ1) is 26.0. The molecule has 15 nitrogen and oxygen atoms in total. The Morgan fingerprint density at radius 2 is 0.889 bits per heavy atom. The highest BCUT2D eigenvalue weighted by atomic mass is 16.7. The van der Waals surface area contributed by atoms with Gasteiger partial charge in [-0.3, -0.25) is 19.2 Å². The van der Waals surface area contributed by atoms with Crippen LogP contribution in [0.3, 0.4) is 0 Å². The van der Waals surface area contributed by atoms with Crippen LogP contribution >= 0.6 is 0 Å². The van der Waals surface area contributed by atoms with E-state index in [1.165, 1.54) is 49.6 Å². The standard InChI is InChI=1S/C39H31NO14/c1-48-33(41)13-14-34(42)50-28-10-8-23-18-27(6-4-25(23)20-28)38(46)53-32-12-11-30(21-31(32)39(47)49-2)52-37(45)26-5-3-24-19-29(9-7-22(24)17-26)51-35(43)15-16-36(44)54-40/h3-12,17-21H,13-16,40H2,1-2H3. The number of fused-ring (bicyclic) bond motifs is 2. The van der Waals surface area contributed by atoms with E-state index >= 15 is 0 Å². The van der Waals surface area contributed by atoms with Crippen molar-refractivity contribution in [3.05, 3.63) is 108 Å². The lowest BCUT2D eigenvalue weighted by Gasteiger charge is -2.12. The lowest BCUT2D eigenvalue weighted by molar-refractivity contribution is -0.147. The van der Waals surface area contributed by atoms with Crippen LogP contribution in [0.5, 0.6) is 23.0 Å². The predicted octanol–water partition coefficient (Wildman–Crippen LogP) is 5.18. The van der Waals surface area contributed by atoms with Crippen molar-refractivity contribution < 1.29 is 66.8 Å². The van der Waals surface area contributed by atoms with Crippen LogP contribution in [0.15, 0.2) is 91.0 Å². The zero-order valence-electron chi connectivity index (χ0n) is 28.8. The smallest absolute Gasteiger partial charge is 0.343 e. The van der Waals surface area contributed by atoms with E-state index in [1.807, 2.05) is 0 Å². The Morgan fingerprint density at radius 3 is 1.41 bits per heavy atom. The molecule has 0 spiro atoms. The van der Waals surface area contributed by atoms with Crippen molar-refractivity contribution in [2.75, 3.05) is 14.2 Å². The summed E-state index contributed by atoms with van der Waals surface area (Å²) < 4.78 is 31.0. The van der Waals surface area contributed by atoms with Gasteiger partial charge in [-0.1, -0.05) is 24.3 Å². The molecule has 0 saturated heterocycles. The van der Waals surface area contributed by atoms with Gasteiger partial charge in [0, 0.05) is 0 Å². The maximum Gasteiger partial charge on any atom is 0.343 e. The molecule has 0 amide bonds. The van der Waals surface area contributed by atoms with E-state index in [4.69, 9.17) is 29.6 Å². The van der Waals surface area contributed by atoms with Gasteiger partial charge in [-0.15, -0.1) is 0 Å². The van der Waals surface area contributed by atoms with Crippen molar-refractivity contribution >= 4 is 63.3 Å². The van der Waals surface area contributed by atoms with Gasteiger partial charge in [0.15, 0.2) is 0 Å². The summed E-state index contributed by atoms with van der Waals surface area (Å²) in [5.41, 5.74) is 0.131. The number of benzene rings is 5. The van der Waals surface area contributed by atoms with Gasteiger partial charge in [0.05, 0.1) is 51.0 Å². The van der Waals surface area contributed by atoms with Crippen LogP contribution in [0.2, 0.25) is 0 Å². The third kappa shape index (κ3) is 9.80. The van der Waals surface area contributed by atoms with Crippen molar-refractivity contribution in [2.24, 2.45) is 5.90 Å². The summed E-state index contributed by atoms with van der Waals surface area (Å²) in [7, 11) is 2.36. The molecule has 0 saturated carbocycles. The number of ether oxygens (including phenoxy) is 6. The average molecular weight is 738 g/mol. The first kappa shape index (κ1) is 38.1. The van der Waals surface area contributed by atoms with Gasteiger partial charge in [0.25, 0.3) is 0 Å². The summed E-state index contributed by atoms with van der Waals surface area (Å²) in [6, 6.07) is 22.7. The zero-order valence-corrected chi connectivity index (χ0v) is 28.8. The third-order valence-corrected chi connectivity index (χ3v) is 7.75. The van der Waals surface area contributed by atoms with Crippen LogP contribution in [-0.4, -0.2) is 56.0 Å². The summed E-state index contributed by atoms with van der Waals surface area (Å²) >= 11 is 0. The largest absolute Gasteiger partial charge is 0.469 e. The van der Waals surface area contributed by atoms with Crippen molar-refractivity contribution in [3.8, 4) is 23.0 Å². The van der Waals surface area contributed by atoms with Crippen LogP contribution in [0.25, 0.3) is 21.5 Å². The molecular weight excluding hydrogens is 706 g/mol. The van der Waals surface area contributed by atoms with Crippen molar-refractivity contribution in [1.29, 1.82) is 0 Å². The fourth-order valence-corrected chi connectivity index (χ4v) is 5.02. The first-order valence-electron chi connectivity index (χ1n) is 16.1. The van der Waals surface area contributed by atoms with E-state index in [2.05, 4.69) is 9.57 Å². The maximum atomic E-state index is 13.2.